The maximum absolute atomic E-state index is 12.2. The largest absolute Gasteiger partial charge is 0.358 e. The molecule has 2 aromatic heterocycles. The lowest BCUT2D eigenvalue weighted by molar-refractivity contribution is 0.0935. The second-order valence-corrected chi connectivity index (χ2v) is 8.61. The molecule has 0 saturated carbocycles. The van der Waals surface area contributed by atoms with E-state index in [4.69, 9.17) is 0 Å². The van der Waals surface area contributed by atoms with Gasteiger partial charge in [-0.3, -0.25) is 9.78 Å². The lowest BCUT2D eigenvalue weighted by Gasteiger charge is -2.17. The summed E-state index contributed by atoms with van der Waals surface area (Å²) in [5, 5.41) is 10.8. The molecule has 1 unspecified atom stereocenters. The summed E-state index contributed by atoms with van der Waals surface area (Å²) in [7, 11) is -1.12. The molecule has 9 heteroatoms. The zero-order chi connectivity index (χ0) is 18.6. The van der Waals surface area contributed by atoms with Crippen molar-refractivity contribution in [2.75, 3.05) is 30.0 Å². The molecule has 1 saturated heterocycles. The van der Waals surface area contributed by atoms with Crippen molar-refractivity contribution in [3.8, 4) is 0 Å². The summed E-state index contributed by atoms with van der Waals surface area (Å²) in [6, 6.07) is 6.92. The van der Waals surface area contributed by atoms with Crippen molar-refractivity contribution in [1.29, 1.82) is 0 Å². The fraction of sp³-hybridized carbons (Fsp3) is 0.412. The third-order valence-corrected chi connectivity index (χ3v) is 6.10. The number of carbonyl (C=O) groups is 1. The van der Waals surface area contributed by atoms with E-state index in [1.807, 2.05) is 24.1 Å². The Morgan fingerprint density at radius 2 is 2.00 bits per heavy atom. The van der Waals surface area contributed by atoms with Gasteiger partial charge in [-0.15, -0.1) is 10.2 Å². The third kappa shape index (κ3) is 4.75. The molecule has 0 spiro atoms. The van der Waals surface area contributed by atoms with E-state index in [1.54, 1.807) is 24.5 Å². The third-order valence-electron chi connectivity index (χ3n) is 4.33. The molecule has 1 aliphatic heterocycles. The van der Waals surface area contributed by atoms with Crippen molar-refractivity contribution in [2.24, 2.45) is 0 Å². The normalized spacial score (nSPS) is 18.4. The van der Waals surface area contributed by atoms with Crippen molar-refractivity contribution in [3.63, 3.8) is 0 Å². The molecule has 1 fully saturated rings. The molecule has 3 heterocycles. The van der Waals surface area contributed by atoms with Crippen LogP contribution in [0.3, 0.4) is 0 Å². The molecule has 1 aliphatic rings. The van der Waals surface area contributed by atoms with E-state index in [1.165, 1.54) is 5.56 Å². The van der Waals surface area contributed by atoms with E-state index in [0.717, 1.165) is 13.0 Å². The number of anilines is 1. The number of carbonyl (C=O) groups excluding carboxylic acids is 1. The summed E-state index contributed by atoms with van der Waals surface area (Å²) in [4.78, 5) is 18.1. The lowest BCUT2D eigenvalue weighted by Crippen LogP contribution is -2.36. The molecule has 138 valence electrons. The Kier molecular flexibility index (Phi) is 5.46. The quantitative estimate of drug-likeness (QED) is 0.782. The molecule has 0 bridgehead atoms. The number of pyridine rings is 1. The Morgan fingerprint density at radius 1 is 1.23 bits per heavy atom. The van der Waals surface area contributed by atoms with Crippen LogP contribution in [-0.2, 0) is 16.3 Å². The van der Waals surface area contributed by atoms with E-state index in [2.05, 4.69) is 20.5 Å². The molecule has 3 rings (SSSR count). The SMILES string of the molecule is CN(CCc1ccncc1)c1ccc(C(=O)NC2CCS(=O)(=O)C2)nn1. The van der Waals surface area contributed by atoms with Gasteiger partial charge in [0.15, 0.2) is 21.3 Å². The number of rotatable bonds is 6. The number of sulfone groups is 1. The highest BCUT2D eigenvalue weighted by atomic mass is 32.2. The number of hydrogen-bond donors (Lipinski definition) is 1. The molecule has 26 heavy (non-hydrogen) atoms. The van der Waals surface area contributed by atoms with Crippen LogP contribution in [0.2, 0.25) is 0 Å². The molecule has 8 nitrogen and oxygen atoms in total. The maximum atomic E-state index is 12.2. The first-order chi connectivity index (χ1) is 12.4. The first-order valence-corrected chi connectivity index (χ1v) is 10.2. The van der Waals surface area contributed by atoms with Gasteiger partial charge >= 0.3 is 0 Å². The van der Waals surface area contributed by atoms with Crippen LogP contribution in [0.1, 0.15) is 22.5 Å². The van der Waals surface area contributed by atoms with Gasteiger partial charge in [-0.25, -0.2) is 8.42 Å². The van der Waals surface area contributed by atoms with Gasteiger partial charge in [0.2, 0.25) is 0 Å². The van der Waals surface area contributed by atoms with Gasteiger partial charge in [-0.05, 0) is 42.7 Å². The Hall–Kier alpha value is -2.55. The Bertz CT molecular complexity index is 856. The maximum Gasteiger partial charge on any atom is 0.272 e. The highest BCUT2D eigenvalue weighted by molar-refractivity contribution is 7.91. The number of hydrogen-bond acceptors (Lipinski definition) is 7. The Labute approximate surface area is 152 Å². The van der Waals surface area contributed by atoms with Gasteiger partial charge in [-0.2, -0.15) is 0 Å². The summed E-state index contributed by atoms with van der Waals surface area (Å²) in [6.45, 7) is 0.754. The number of nitrogens with one attached hydrogen (secondary N) is 1. The van der Waals surface area contributed by atoms with Crippen LogP contribution in [0, 0.1) is 0 Å². The van der Waals surface area contributed by atoms with Crippen LogP contribution in [-0.4, -0.2) is 60.6 Å². The molecule has 2 aromatic rings. The summed E-state index contributed by atoms with van der Waals surface area (Å²) >= 11 is 0. The highest BCUT2D eigenvalue weighted by Gasteiger charge is 2.29. The van der Waals surface area contributed by atoms with Gasteiger partial charge in [0.05, 0.1) is 11.5 Å². The molecule has 1 N–H and O–H groups in total. The second kappa shape index (κ2) is 7.77. The van der Waals surface area contributed by atoms with Crippen molar-refractivity contribution in [3.05, 3.63) is 47.9 Å². The number of nitrogens with zero attached hydrogens (tertiary/aromatic N) is 4. The lowest BCUT2D eigenvalue weighted by atomic mass is 10.2. The monoisotopic (exact) mass is 375 g/mol. The van der Waals surface area contributed by atoms with Crippen molar-refractivity contribution in [2.45, 2.75) is 18.9 Å². The molecule has 1 amide bonds. The molecule has 0 radical (unpaired) electrons. The number of amides is 1. The van der Waals surface area contributed by atoms with Gasteiger partial charge in [-0.1, -0.05) is 0 Å². The van der Waals surface area contributed by atoms with Gasteiger partial charge in [0.25, 0.3) is 5.91 Å². The van der Waals surface area contributed by atoms with E-state index in [-0.39, 0.29) is 23.2 Å². The van der Waals surface area contributed by atoms with E-state index >= 15 is 0 Å². The van der Waals surface area contributed by atoms with Crippen LogP contribution in [0.25, 0.3) is 0 Å². The molecule has 0 aliphatic carbocycles. The fourth-order valence-electron chi connectivity index (χ4n) is 2.78. The average Bonchev–Trinajstić information content (AvgIpc) is 2.99. The average molecular weight is 375 g/mol. The van der Waals surface area contributed by atoms with Crippen molar-refractivity contribution in [1.82, 2.24) is 20.5 Å². The van der Waals surface area contributed by atoms with Crippen LogP contribution < -0.4 is 10.2 Å². The minimum Gasteiger partial charge on any atom is -0.358 e. The van der Waals surface area contributed by atoms with E-state index < -0.39 is 15.7 Å². The first kappa shape index (κ1) is 18.2. The zero-order valence-electron chi connectivity index (χ0n) is 14.5. The van der Waals surface area contributed by atoms with E-state index in [0.29, 0.717) is 12.2 Å². The van der Waals surface area contributed by atoms with Crippen molar-refractivity contribution < 1.29 is 13.2 Å². The van der Waals surface area contributed by atoms with Gasteiger partial charge < -0.3 is 10.2 Å². The second-order valence-electron chi connectivity index (χ2n) is 6.38. The van der Waals surface area contributed by atoms with E-state index in [9.17, 15) is 13.2 Å². The predicted octanol–water partition coefficient (Wildman–Crippen LogP) is 0.467. The van der Waals surface area contributed by atoms with Crippen LogP contribution in [0.5, 0.6) is 0 Å². The molecular weight excluding hydrogens is 354 g/mol. The van der Waals surface area contributed by atoms with Crippen LogP contribution in [0.15, 0.2) is 36.7 Å². The first-order valence-electron chi connectivity index (χ1n) is 8.38. The minimum absolute atomic E-state index is 0.0119. The highest BCUT2D eigenvalue weighted by Crippen LogP contribution is 2.13. The summed E-state index contributed by atoms with van der Waals surface area (Å²) in [5.41, 5.74) is 1.36. The summed E-state index contributed by atoms with van der Waals surface area (Å²) in [5.74, 6) is 0.372. The molecular formula is C17H21N5O3S. The zero-order valence-corrected chi connectivity index (χ0v) is 15.3. The van der Waals surface area contributed by atoms with Crippen molar-refractivity contribution >= 4 is 21.6 Å². The predicted molar refractivity (Wildman–Crippen MR) is 97.8 cm³/mol. The van der Waals surface area contributed by atoms with Gasteiger partial charge in [0.1, 0.15) is 0 Å². The number of aromatic nitrogens is 3. The smallest absolute Gasteiger partial charge is 0.272 e. The van der Waals surface area contributed by atoms with Crippen LogP contribution >= 0.6 is 0 Å². The summed E-state index contributed by atoms with van der Waals surface area (Å²) < 4.78 is 22.9. The van der Waals surface area contributed by atoms with Crippen LogP contribution in [0.4, 0.5) is 5.82 Å². The van der Waals surface area contributed by atoms with Gasteiger partial charge in [0, 0.05) is 32.0 Å². The molecule has 1 atom stereocenters. The summed E-state index contributed by atoms with van der Waals surface area (Å²) in [6.07, 6.45) is 4.81. The standard InChI is InChI=1S/C17H21N5O3S/c1-22(10-6-13-4-8-18-9-5-13)16-3-2-15(20-21-16)17(23)19-14-7-11-26(24,25)12-14/h2-5,8-9,14H,6-7,10-12H2,1H3,(H,19,23). The molecule has 0 aromatic carbocycles. The Morgan fingerprint density at radius 3 is 2.62 bits per heavy atom. The topological polar surface area (TPSA) is 105 Å². The fourth-order valence-corrected chi connectivity index (χ4v) is 4.45. The minimum atomic E-state index is -3.03. The number of likely N-dealkylation sites (N-methyl/N-ethyl adjacent to an activating group) is 1. The Balaban J connectivity index is 1.55.